The molecule has 1 saturated carbocycles. The average Bonchev–Trinajstić information content (AvgIpc) is 3.19. The molecule has 3 aliphatic rings. The second-order valence-corrected chi connectivity index (χ2v) is 6.41. The van der Waals surface area contributed by atoms with Crippen LogP contribution >= 0.6 is 0 Å². The molecule has 1 atom stereocenters. The van der Waals surface area contributed by atoms with Crippen LogP contribution in [0, 0.1) is 11.8 Å². The summed E-state index contributed by atoms with van der Waals surface area (Å²) in [6, 6.07) is 0.276. The lowest BCUT2D eigenvalue weighted by molar-refractivity contribution is -0.133. The number of nitrogens with one attached hydrogen (secondary N) is 1. The molecule has 20 heavy (non-hydrogen) atoms. The Labute approximate surface area is 120 Å². The summed E-state index contributed by atoms with van der Waals surface area (Å²) in [7, 11) is 0. The van der Waals surface area contributed by atoms with Crippen molar-refractivity contribution in [2.24, 2.45) is 11.8 Å². The van der Waals surface area contributed by atoms with Crippen molar-refractivity contribution < 1.29 is 9.59 Å². The number of hydrogen-bond acceptors (Lipinski definition) is 2. The van der Waals surface area contributed by atoms with Crippen LogP contribution in [0.3, 0.4) is 0 Å². The molecule has 0 aromatic heterocycles. The molecular formula is C16H24N2O2. The number of carbonyl (C=O) groups excluding carboxylic acids is 2. The van der Waals surface area contributed by atoms with E-state index in [0.717, 1.165) is 51.6 Å². The van der Waals surface area contributed by atoms with Crippen molar-refractivity contribution in [3.63, 3.8) is 0 Å². The molecule has 2 aliphatic carbocycles. The van der Waals surface area contributed by atoms with E-state index >= 15 is 0 Å². The Morgan fingerprint density at radius 3 is 2.45 bits per heavy atom. The lowest BCUT2D eigenvalue weighted by atomic mass is 10.0. The molecule has 110 valence electrons. The van der Waals surface area contributed by atoms with Gasteiger partial charge in [-0.3, -0.25) is 9.59 Å². The van der Waals surface area contributed by atoms with Crippen LogP contribution in [0.25, 0.3) is 0 Å². The molecule has 3 rings (SSSR count). The van der Waals surface area contributed by atoms with E-state index in [1.54, 1.807) is 0 Å². The number of piperidine rings is 1. The first kappa shape index (κ1) is 13.7. The highest BCUT2D eigenvalue weighted by Crippen LogP contribution is 2.29. The predicted molar refractivity (Wildman–Crippen MR) is 76.9 cm³/mol. The van der Waals surface area contributed by atoms with Crippen molar-refractivity contribution >= 4 is 11.8 Å². The Morgan fingerprint density at radius 1 is 1.10 bits per heavy atom. The third kappa shape index (κ3) is 3.41. The molecule has 1 N–H and O–H groups in total. The highest BCUT2D eigenvalue weighted by molar-refractivity contribution is 5.81. The van der Waals surface area contributed by atoms with Crippen LogP contribution in [0.15, 0.2) is 12.2 Å². The highest BCUT2D eigenvalue weighted by atomic mass is 16.2. The molecule has 0 spiro atoms. The topological polar surface area (TPSA) is 49.4 Å². The van der Waals surface area contributed by atoms with Gasteiger partial charge in [-0.2, -0.15) is 0 Å². The molecule has 0 aromatic carbocycles. The van der Waals surface area contributed by atoms with Gasteiger partial charge in [0.2, 0.25) is 11.8 Å². The van der Waals surface area contributed by atoms with E-state index in [-0.39, 0.29) is 23.8 Å². The van der Waals surface area contributed by atoms with E-state index < -0.39 is 0 Å². The Morgan fingerprint density at radius 2 is 1.85 bits per heavy atom. The summed E-state index contributed by atoms with van der Waals surface area (Å²) < 4.78 is 0. The first-order valence-corrected chi connectivity index (χ1v) is 7.97. The van der Waals surface area contributed by atoms with Gasteiger partial charge in [0.25, 0.3) is 0 Å². The van der Waals surface area contributed by atoms with Crippen molar-refractivity contribution in [3.05, 3.63) is 12.2 Å². The summed E-state index contributed by atoms with van der Waals surface area (Å²) in [5.74, 6) is 1.25. The van der Waals surface area contributed by atoms with Gasteiger partial charge in [-0.15, -0.1) is 0 Å². The summed E-state index contributed by atoms with van der Waals surface area (Å²) in [5, 5.41) is 3.13. The van der Waals surface area contributed by atoms with Crippen molar-refractivity contribution in [1.29, 1.82) is 0 Å². The third-order valence-electron chi connectivity index (χ3n) is 4.69. The fourth-order valence-corrected chi connectivity index (χ4v) is 3.16. The summed E-state index contributed by atoms with van der Waals surface area (Å²) in [4.78, 5) is 25.9. The molecule has 2 amide bonds. The van der Waals surface area contributed by atoms with Crippen molar-refractivity contribution in [2.45, 2.75) is 51.0 Å². The number of likely N-dealkylation sites (tertiary alicyclic amines) is 1. The molecule has 0 bridgehead atoms. The van der Waals surface area contributed by atoms with Crippen LogP contribution in [0.2, 0.25) is 0 Å². The van der Waals surface area contributed by atoms with Crippen LogP contribution in [0.4, 0.5) is 0 Å². The first-order valence-electron chi connectivity index (χ1n) is 7.97. The number of hydrogen-bond donors (Lipinski definition) is 1. The van der Waals surface area contributed by atoms with Gasteiger partial charge < -0.3 is 10.2 Å². The number of rotatable bonds is 4. The molecule has 0 aromatic rings. The zero-order valence-electron chi connectivity index (χ0n) is 12.0. The monoisotopic (exact) mass is 276 g/mol. The Bertz CT molecular complexity index is 407. The molecule has 2 fully saturated rings. The Balaban J connectivity index is 1.39. The number of carbonyl (C=O) groups is 2. The van der Waals surface area contributed by atoms with E-state index in [1.165, 1.54) is 0 Å². The fourth-order valence-electron chi connectivity index (χ4n) is 3.16. The zero-order valence-corrected chi connectivity index (χ0v) is 12.0. The van der Waals surface area contributed by atoms with Gasteiger partial charge in [0, 0.05) is 31.5 Å². The normalized spacial score (nSPS) is 26.8. The van der Waals surface area contributed by atoms with Gasteiger partial charge in [-0.05, 0) is 44.4 Å². The van der Waals surface area contributed by atoms with Gasteiger partial charge in [-0.1, -0.05) is 12.2 Å². The van der Waals surface area contributed by atoms with Crippen molar-refractivity contribution in [3.8, 4) is 0 Å². The molecule has 1 saturated heterocycles. The molecule has 0 radical (unpaired) electrons. The first-order chi connectivity index (χ1) is 9.72. The maximum atomic E-state index is 12.2. The SMILES string of the molecule is O=C(NC1CCN(C(=O)C[C@@H]2C=CCC2)CC1)C1CC1. The average molecular weight is 276 g/mol. The van der Waals surface area contributed by atoms with Gasteiger partial charge in [0.1, 0.15) is 0 Å². The molecule has 1 aliphatic heterocycles. The molecule has 4 nitrogen and oxygen atoms in total. The van der Waals surface area contributed by atoms with Crippen LogP contribution in [-0.4, -0.2) is 35.8 Å². The predicted octanol–water partition coefficient (Wildman–Crippen LogP) is 1.86. The third-order valence-corrected chi connectivity index (χ3v) is 4.69. The van der Waals surface area contributed by atoms with Crippen molar-refractivity contribution in [2.75, 3.05) is 13.1 Å². The second kappa shape index (κ2) is 5.98. The summed E-state index contributed by atoms with van der Waals surface area (Å²) in [5.41, 5.74) is 0. The second-order valence-electron chi connectivity index (χ2n) is 6.41. The minimum atomic E-state index is 0.228. The van der Waals surface area contributed by atoms with Crippen molar-refractivity contribution in [1.82, 2.24) is 10.2 Å². The van der Waals surface area contributed by atoms with Crippen LogP contribution in [0.1, 0.15) is 44.9 Å². The van der Waals surface area contributed by atoms with E-state index in [4.69, 9.17) is 0 Å². The van der Waals surface area contributed by atoms with Gasteiger partial charge in [0.05, 0.1) is 0 Å². The molecule has 0 unspecified atom stereocenters. The maximum absolute atomic E-state index is 12.2. The van der Waals surface area contributed by atoms with E-state index in [2.05, 4.69) is 17.5 Å². The Kier molecular flexibility index (Phi) is 4.08. The summed E-state index contributed by atoms with van der Waals surface area (Å²) >= 11 is 0. The number of nitrogens with zero attached hydrogens (tertiary/aromatic N) is 1. The molecule has 4 heteroatoms. The fraction of sp³-hybridized carbons (Fsp3) is 0.750. The van der Waals surface area contributed by atoms with Gasteiger partial charge >= 0.3 is 0 Å². The smallest absolute Gasteiger partial charge is 0.223 e. The molecular weight excluding hydrogens is 252 g/mol. The van der Waals surface area contributed by atoms with Crippen LogP contribution in [0.5, 0.6) is 0 Å². The number of allylic oxidation sites excluding steroid dienone is 2. The van der Waals surface area contributed by atoms with E-state index in [9.17, 15) is 9.59 Å². The quantitative estimate of drug-likeness (QED) is 0.797. The van der Waals surface area contributed by atoms with Crippen LogP contribution in [-0.2, 0) is 9.59 Å². The molecule has 1 heterocycles. The lowest BCUT2D eigenvalue weighted by Gasteiger charge is -2.33. The van der Waals surface area contributed by atoms with E-state index in [1.807, 2.05) is 4.90 Å². The summed E-state index contributed by atoms with van der Waals surface area (Å²) in [6.45, 7) is 1.59. The lowest BCUT2D eigenvalue weighted by Crippen LogP contribution is -2.47. The highest BCUT2D eigenvalue weighted by Gasteiger charge is 2.32. The van der Waals surface area contributed by atoms with Gasteiger partial charge in [-0.25, -0.2) is 0 Å². The van der Waals surface area contributed by atoms with E-state index in [0.29, 0.717) is 12.3 Å². The van der Waals surface area contributed by atoms with Crippen LogP contribution < -0.4 is 5.32 Å². The minimum absolute atomic E-state index is 0.228. The standard InChI is InChI=1S/C16H24N2O2/c19-15(11-12-3-1-2-4-12)18-9-7-14(8-10-18)17-16(20)13-5-6-13/h1,3,12-14H,2,4-11H2,(H,17,20)/t12-/m1/s1. The summed E-state index contributed by atoms with van der Waals surface area (Å²) in [6.07, 6.45) is 11.2. The zero-order chi connectivity index (χ0) is 13.9. The Hall–Kier alpha value is -1.32. The minimum Gasteiger partial charge on any atom is -0.353 e. The number of amides is 2. The maximum Gasteiger partial charge on any atom is 0.223 e. The largest absolute Gasteiger partial charge is 0.353 e. The van der Waals surface area contributed by atoms with Gasteiger partial charge in [0.15, 0.2) is 0 Å².